The van der Waals surface area contributed by atoms with Crippen molar-refractivity contribution in [2.24, 2.45) is 0 Å². The summed E-state index contributed by atoms with van der Waals surface area (Å²) in [7, 11) is 1.50. The van der Waals surface area contributed by atoms with E-state index in [2.05, 4.69) is 5.32 Å². The zero-order chi connectivity index (χ0) is 20.1. The van der Waals surface area contributed by atoms with Gasteiger partial charge in [0, 0.05) is 6.42 Å². The Morgan fingerprint density at radius 1 is 1.18 bits per heavy atom. The van der Waals surface area contributed by atoms with E-state index in [0.29, 0.717) is 42.6 Å². The van der Waals surface area contributed by atoms with Crippen molar-refractivity contribution in [2.75, 3.05) is 25.6 Å². The molecule has 0 spiro atoms. The molecule has 0 saturated heterocycles. The normalized spacial score (nSPS) is 13.8. The molecule has 3 rings (SSSR count). The molecule has 8 heteroatoms. The quantitative estimate of drug-likeness (QED) is 0.764. The molecular formula is C20H20ClNO6. The van der Waals surface area contributed by atoms with Gasteiger partial charge in [-0.3, -0.25) is 4.79 Å². The van der Waals surface area contributed by atoms with Crippen LogP contribution >= 0.6 is 11.6 Å². The van der Waals surface area contributed by atoms with Crippen LogP contribution in [0.5, 0.6) is 17.2 Å². The zero-order valence-electron chi connectivity index (χ0n) is 15.5. The lowest BCUT2D eigenvalue weighted by Crippen LogP contribution is -2.30. The molecule has 0 bridgehead atoms. The number of carbonyl (C=O) groups excluding carboxylic acids is 2. The number of amides is 1. The Kier molecular flexibility index (Phi) is 6.26. The summed E-state index contributed by atoms with van der Waals surface area (Å²) in [6, 6.07) is 9.88. The van der Waals surface area contributed by atoms with E-state index in [1.165, 1.54) is 26.2 Å². The van der Waals surface area contributed by atoms with E-state index in [0.717, 1.165) is 0 Å². The van der Waals surface area contributed by atoms with E-state index < -0.39 is 18.0 Å². The second-order valence-corrected chi connectivity index (χ2v) is 6.48. The SMILES string of the molecule is COc1ccccc1NC(=O)[C@@H](C)OC(=O)c1cc(Cl)c2c(c1)OCCCO2. The summed E-state index contributed by atoms with van der Waals surface area (Å²) in [6.07, 6.45) is -0.322. The smallest absolute Gasteiger partial charge is 0.339 e. The third kappa shape index (κ3) is 4.48. The van der Waals surface area contributed by atoms with E-state index in [9.17, 15) is 9.59 Å². The Hall–Kier alpha value is -2.93. The summed E-state index contributed by atoms with van der Waals surface area (Å²) in [4.78, 5) is 24.9. The van der Waals surface area contributed by atoms with Crippen molar-refractivity contribution in [3.8, 4) is 17.2 Å². The summed E-state index contributed by atoms with van der Waals surface area (Å²) in [6.45, 7) is 2.42. The molecule has 148 valence electrons. The maximum Gasteiger partial charge on any atom is 0.339 e. The van der Waals surface area contributed by atoms with Crippen molar-refractivity contribution < 1.29 is 28.5 Å². The predicted molar refractivity (Wildman–Crippen MR) is 104 cm³/mol. The number of fused-ring (bicyclic) bond motifs is 1. The molecule has 1 N–H and O–H groups in total. The number of nitrogens with one attached hydrogen (secondary N) is 1. The fourth-order valence-electron chi connectivity index (χ4n) is 2.61. The predicted octanol–water partition coefficient (Wildman–Crippen LogP) is 3.69. The Morgan fingerprint density at radius 2 is 1.93 bits per heavy atom. The van der Waals surface area contributed by atoms with Crippen LogP contribution in [0.25, 0.3) is 0 Å². The Bertz CT molecular complexity index is 885. The second kappa shape index (κ2) is 8.84. The first-order valence-electron chi connectivity index (χ1n) is 8.73. The molecule has 1 aliphatic rings. The van der Waals surface area contributed by atoms with Gasteiger partial charge in [0.25, 0.3) is 5.91 Å². The number of halogens is 1. The molecule has 28 heavy (non-hydrogen) atoms. The number of benzene rings is 2. The van der Waals surface area contributed by atoms with Crippen LogP contribution < -0.4 is 19.5 Å². The molecule has 1 atom stereocenters. The lowest BCUT2D eigenvalue weighted by atomic mass is 10.2. The lowest BCUT2D eigenvalue weighted by Gasteiger charge is -2.16. The lowest BCUT2D eigenvalue weighted by molar-refractivity contribution is -0.123. The van der Waals surface area contributed by atoms with Gasteiger partial charge in [-0.25, -0.2) is 4.79 Å². The molecule has 0 saturated carbocycles. The third-order valence-electron chi connectivity index (χ3n) is 4.06. The van der Waals surface area contributed by atoms with Gasteiger partial charge in [-0.05, 0) is 31.2 Å². The van der Waals surface area contributed by atoms with Gasteiger partial charge in [-0.1, -0.05) is 23.7 Å². The van der Waals surface area contributed by atoms with Crippen LogP contribution in [0.3, 0.4) is 0 Å². The summed E-state index contributed by atoms with van der Waals surface area (Å²) < 4.78 is 21.6. The molecule has 7 nitrogen and oxygen atoms in total. The minimum absolute atomic E-state index is 0.172. The van der Waals surface area contributed by atoms with Gasteiger partial charge in [-0.2, -0.15) is 0 Å². The molecule has 1 heterocycles. The third-order valence-corrected chi connectivity index (χ3v) is 4.34. The van der Waals surface area contributed by atoms with Crippen molar-refractivity contribution in [3.05, 3.63) is 47.0 Å². The Balaban J connectivity index is 1.69. The fourth-order valence-corrected chi connectivity index (χ4v) is 2.88. The maximum atomic E-state index is 12.5. The summed E-state index contributed by atoms with van der Waals surface area (Å²) in [5, 5.41) is 2.92. The van der Waals surface area contributed by atoms with Crippen LogP contribution in [0.1, 0.15) is 23.7 Å². The van der Waals surface area contributed by atoms with E-state index in [-0.39, 0.29) is 10.6 Å². The summed E-state index contributed by atoms with van der Waals surface area (Å²) in [5.74, 6) is 0.100. The molecular weight excluding hydrogens is 386 g/mol. The first-order valence-corrected chi connectivity index (χ1v) is 9.11. The minimum Gasteiger partial charge on any atom is -0.495 e. The highest BCUT2D eigenvalue weighted by Gasteiger charge is 2.23. The number of anilines is 1. The Labute approximate surface area is 167 Å². The number of para-hydroxylation sites is 2. The highest BCUT2D eigenvalue weighted by atomic mass is 35.5. The maximum absolute atomic E-state index is 12.5. The average molecular weight is 406 g/mol. The number of ether oxygens (including phenoxy) is 4. The zero-order valence-corrected chi connectivity index (χ0v) is 16.2. The number of esters is 1. The molecule has 1 amide bonds. The van der Waals surface area contributed by atoms with Crippen LogP contribution in [-0.4, -0.2) is 38.3 Å². The topological polar surface area (TPSA) is 83.1 Å². The standard InChI is InChI=1S/C20H20ClNO6/c1-12(19(23)22-15-6-3-4-7-16(15)25-2)28-20(24)13-10-14(21)18-17(11-13)26-8-5-9-27-18/h3-4,6-7,10-12H,5,8-9H2,1-2H3,(H,22,23)/t12-/m1/s1. The fraction of sp³-hybridized carbons (Fsp3) is 0.300. The van der Waals surface area contributed by atoms with Gasteiger partial charge in [0.2, 0.25) is 0 Å². The van der Waals surface area contributed by atoms with Gasteiger partial charge in [0.05, 0.1) is 36.6 Å². The molecule has 0 aliphatic carbocycles. The highest BCUT2D eigenvalue weighted by Crippen LogP contribution is 2.38. The van der Waals surface area contributed by atoms with E-state index in [1.807, 2.05) is 0 Å². The van der Waals surface area contributed by atoms with Gasteiger partial charge in [0.1, 0.15) is 5.75 Å². The second-order valence-electron chi connectivity index (χ2n) is 6.07. The monoisotopic (exact) mass is 405 g/mol. The van der Waals surface area contributed by atoms with Crippen molar-refractivity contribution in [3.63, 3.8) is 0 Å². The van der Waals surface area contributed by atoms with Crippen molar-refractivity contribution in [1.29, 1.82) is 0 Å². The van der Waals surface area contributed by atoms with Gasteiger partial charge in [-0.15, -0.1) is 0 Å². The largest absolute Gasteiger partial charge is 0.495 e. The van der Waals surface area contributed by atoms with Crippen molar-refractivity contribution in [1.82, 2.24) is 0 Å². The Morgan fingerprint density at radius 3 is 2.71 bits per heavy atom. The van der Waals surface area contributed by atoms with Gasteiger partial charge >= 0.3 is 5.97 Å². The summed E-state index contributed by atoms with van der Waals surface area (Å²) in [5.41, 5.74) is 0.655. The van der Waals surface area contributed by atoms with Crippen molar-refractivity contribution in [2.45, 2.75) is 19.4 Å². The number of rotatable bonds is 5. The number of carbonyl (C=O) groups is 2. The van der Waals surface area contributed by atoms with Crippen LogP contribution in [-0.2, 0) is 9.53 Å². The van der Waals surface area contributed by atoms with Crippen LogP contribution in [0.2, 0.25) is 5.02 Å². The average Bonchev–Trinajstić information content (AvgIpc) is 2.94. The summed E-state index contributed by atoms with van der Waals surface area (Å²) >= 11 is 6.20. The van der Waals surface area contributed by atoms with E-state index in [4.69, 9.17) is 30.5 Å². The van der Waals surface area contributed by atoms with Crippen LogP contribution in [0.15, 0.2) is 36.4 Å². The van der Waals surface area contributed by atoms with Crippen LogP contribution in [0, 0.1) is 0 Å². The molecule has 1 aliphatic heterocycles. The van der Waals surface area contributed by atoms with Gasteiger partial charge < -0.3 is 24.3 Å². The number of hydrogen-bond acceptors (Lipinski definition) is 6. The van der Waals surface area contributed by atoms with E-state index >= 15 is 0 Å². The molecule has 0 radical (unpaired) electrons. The molecule has 0 fully saturated rings. The first-order chi connectivity index (χ1) is 13.5. The first kappa shape index (κ1) is 19.8. The molecule has 0 aromatic heterocycles. The minimum atomic E-state index is -1.04. The molecule has 2 aromatic carbocycles. The van der Waals surface area contributed by atoms with Gasteiger partial charge in [0.15, 0.2) is 17.6 Å². The number of hydrogen-bond donors (Lipinski definition) is 1. The molecule has 2 aromatic rings. The van der Waals surface area contributed by atoms with E-state index in [1.54, 1.807) is 24.3 Å². The molecule has 0 unspecified atom stereocenters. The van der Waals surface area contributed by atoms with Crippen molar-refractivity contribution >= 4 is 29.2 Å². The highest BCUT2D eigenvalue weighted by molar-refractivity contribution is 6.32. The number of methoxy groups -OCH3 is 1. The van der Waals surface area contributed by atoms with Crippen LogP contribution in [0.4, 0.5) is 5.69 Å².